The Balaban J connectivity index is 1.80. The number of nitrogens with zero attached hydrogens (tertiary/aromatic N) is 1. The summed E-state index contributed by atoms with van der Waals surface area (Å²) in [5, 5.41) is 10.1. The molecule has 1 aliphatic heterocycles. The number of carbonyl (C=O) groups excluding carboxylic acids is 2. The number of phenolic OH excluding ortho intramolecular Hbond substituents is 1. The van der Waals surface area contributed by atoms with Gasteiger partial charge in [0.2, 0.25) is 0 Å². The molecule has 0 amide bonds. The first-order valence-electron chi connectivity index (χ1n) is 10.7. The van der Waals surface area contributed by atoms with E-state index in [0.717, 1.165) is 16.8 Å². The average molecular weight is 418 g/mol. The van der Waals surface area contributed by atoms with Gasteiger partial charge < -0.3 is 9.84 Å². The Bertz CT molecular complexity index is 1070. The molecule has 1 unspecified atom stereocenters. The molecule has 5 nitrogen and oxygen atoms in total. The van der Waals surface area contributed by atoms with Crippen LogP contribution in [0.25, 0.3) is 0 Å². The highest BCUT2D eigenvalue weighted by molar-refractivity contribution is 6.09. The van der Waals surface area contributed by atoms with Gasteiger partial charge in [-0.3, -0.25) is 14.6 Å². The molecule has 2 aliphatic rings. The van der Waals surface area contributed by atoms with E-state index >= 15 is 0 Å². The number of hydrogen-bond acceptors (Lipinski definition) is 5. The summed E-state index contributed by atoms with van der Waals surface area (Å²) >= 11 is 0. The minimum atomic E-state index is -0.694. The van der Waals surface area contributed by atoms with E-state index in [1.54, 1.807) is 32.0 Å². The van der Waals surface area contributed by atoms with Crippen LogP contribution in [-0.4, -0.2) is 28.7 Å². The second-order valence-electron chi connectivity index (χ2n) is 8.59. The Morgan fingerprint density at radius 2 is 1.77 bits per heavy atom. The third-order valence-electron chi connectivity index (χ3n) is 5.99. The molecule has 1 N–H and O–H groups in total. The average Bonchev–Trinajstić information content (AvgIpc) is 2.72. The predicted octanol–water partition coefficient (Wildman–Crippen LogP) is 4.92. The molecule has 2 aromatic carbocycles. The summed E-state index contributed by atoms with van der Waals surface area (Å²) in [5.41, 5.74) is 3.79. The Labute approximate surface area is 182 Å². The summed E-state index contributed by atoms with van der Waals surface area (Å²) in [4.78, 5) is 31.2. The molecular weight excluding hydrogens is 390 g/mol. The van der Waals surface area contributed by atoms with Gasteiger partial charge in [0, 0.05) is 29.3 Å². The third kappa shape index (κ3) is 4.18. The Morgan fingerprint density at radius 3 is 2.45 bits per heavy atom. The van der Waals surface area contributed by atoms with E-state index < -0.39 is 17.8 Å². The zero-order chi connectivity index (χ0) is 22.1. The van der Waals surface area contributed by atoms with Gasteiger partial charge in [-0.25, -0.2) is 0 Å². The summed E-state index contributed by atoms with van der Waals surface area (Å²) in [7, 11) is 0. The topological polar surface area (TPSA) is 76.0 Å². The largest absolute Gasteiger partial charge is 0.508 e. The maximum Gasteiger partial charge on any atom is 0.315 e. The van der Waals surface area contributed by atoms with Crippen LogP contribution in [0.4, 0.5) is 0 Å². The molecule has 160 valence electrons. The number of carbonyl (C=O) groups is 2. The first-order chi connectivity index (χ1) is 14.8. The van der Waals surface area contributed by atoms with E-state index in [0.29, 0.717) is 24.1 Å². The van der Waals surface area contributed by atoms with Crippen LogP contribution in [0.5, 0.6) is 5.75 Å². The van der Waals surface area contributed by atoms with Crippen LogP contribution >= 0.6 is 0 Å². The zero-order valence-electron chi connectivity index (χ0n) is 18.0. The second-order valence-corrected chi connectivity index (χ2v) is 8.59. The Hall–Kier alpha value is -3.21. The lowest BCUT2D eigenvalue weighted by atomic mass is 9.69. The maximum absolute atomic E-state index is 13.4. The fourth-order valence-corrected chi connectivity index (χ4v) is 4.71. The quantitative estimate of drug-likeness (QED) is 0.717. The summed E-state index contributed by atoms with van der Waals surface area (Å²) in [6.45, 7) is 5.43. The van der Waals surface area contributed by atoms with Crippen molar-refractivity contribution < 1.29 is 19.4 Å². The molecule has 1 aliphatic carbocycles. The fraction of sp³-hybridized carbons (Fsp3) is 0.346. The van der Waals surface area contributed by atoms with Crippen LogP contribution in [0, 0.1) is 5.92 Å². The smallest absolute Gasteiger partial charge is 0.315 e. The molecule has 0 aromatic heterocycles. The summed E-state index contributed by atoms with van der Waals surface area (Å²) < 4.78 is 5.53. The number of benzene rings is 2. The molecule has 0 saturated heterocycles. The van der Waals surface area contributed by atoms with E-state index in [4.69, 9.17) is 9.73 Å². The number of ether oxygens (including phenoxy) is 1. The molecule has 0 radical (unpaired) electrons. The van der Waals surface area contributed by atoms with Crippen molar-refractivity contribution in [1.29, 1.82) is 0 Å². The van der Waals surface area contributed by atoms with Crippen LogP contribution < -0.4 is 0 Å². The van der Waals surface area contributed by atoms with Gasteiger partial charge in [0.05, 0.1) is 6.10 Å². The number of aliphatic imine (C=N–C) groups is 1. The van der Waals surface area contributed by atoms with E-state index in [1.165, 1.54) is 0 Å². The van der Waals surface area contributed by atoms with Crippen molar-refractivity contribution in [3.8, 4) is 5.75 Å². The lowest BCUT2D eigenvalue weighted by molar-refractivity contribution is -0.150. The summed E-state index contributed by atoms with van der Waals surface area (Å²) in [5.74, 6) is -1.44. The number of ketones is 1. The second kappa shape index (κ2) is 8.50. The highest BCUT2D eigenvalue weighted by Crippen LogP contribution is 2.47. The molecule has 0 bridgehead atoms. The molecule has 3 atom stereocenters. The van der Waals surface area contributed by atoms with Crippen molar-refractivity contribution in [2.75, 3.05) is 0 Å². The van der Waals surface area contributed by atoms with Gasteiger partial charge in [0.1, 0.15) is 11.7 Å². The first-order valence-corrected chi connectivity index (χ1v) is 10.7. The lowest BCUT2D eigenvalue weighted by Crippen LogP contribution is -2.38. The van der Waals surface area contributed by atoms with Crippen molar-refractivity contribution >= 4 is 17.5 Å². The van der Waals surface area contributed by atoms with Gasteiger partial charge in [-0.15, -0.1) is 0 Å². The molecule has 4 rings (SSSR count). The van der Waals surface area contributed by atoms with Gasteiger partial charge >= 0.3 is 5.97 Å². The minimum Gasteiger partial charge on any atom is -0.508 e. The molecule has 0 spiro atoms. The molecule has 0 saturated carbocycles. The van der Waals surface area contributed by atoms with Crippen molar-refractivity contribution in [2.45, 2.75) is 51.6 Å². The lowest BCUT2D eigenvalue weighted by Gasteiger charge is -2.36. The van der Waals surface area contributed by atoms with E-state index in [9.17, 15) is 14.7 Å². The van der Waals surface area contributed by atoms with Crippen LogP contribution in [0.15, 0.2) is 70.9 Å². The molecule has 2 aromatic rings. The standard InChI is InChI=1S/C26H27NO4/c1-15(2)31-26(30)23-16(3)27-21-13-19(17-8-5-4-6-9-17)14-22(29)25(21)24(23)18-10-7-11-20(28)12-18/h4-12,15,19,23-24,28H,13-14H2,1-3H3/t19-,23?,24-/m0/s1. The normalized spacial score (nSPS) is 23.4. The van der Waals surface area contributed by atoms with Gasteiger partial charge in [0.25, 0.3) is 0 Å². The number of allylic oxidation sites excluding steroid dienone is 2. The predicted molar refractivity (Wildman–Crippen MR) is 119 cm³/mol. The Kier molecular flexibility index (Phi) is 5.77. The number of hydrogen-bond donors (Lipinski definition) is 1. The first kappa shape index (κ1) is 21.0. The van der Waals surface area contributed by atoms with E-state index in [-0.39, 0.29) is 23.6 Å². The maximum atomic E-state index is 13.4. The van der Waals surface area contributed by atoms with Gasteiger partial charge in [0.15, 0.2) is 5.78 Å². The SMILES string of the molecule is CC1=NC2=C(C(=O)C[C@@H](c3ccccc3)C2)[C@@H](c2cccc(O)c2)C1C(=O)OC(C)C. The number of aromatic hydroxyl groups is 1. The summed E-state index contributed by atoms with van der Waals surface area (Å²) in [6, 6.07) is 16.8. The van der Waals surface area contributed by atoms with Crippen LogP contribution in [0.2, 0.25) is 0 Å². The number of Topliss-reactive ketones (excluding diaryl/α,β-unsaturated/α-hetero) is 1. The van der Waals surface area contributed by atoms with E-state index in [2.05, 4.69) is 0 Å². The van der Waals surface area contributed by atoms with Gasteiger partial charge in [-0.1, -0.05) is 42.5 Å². The highest BCUT2D eigenvalue weighted by Gasteiger charge is 2.45. The zero-order valence-corrected chi connectivity index (χ0v) is 18.0. The van der Waals surface area contributed by atoms with Gasteiger partial charge in [-0.2, -0.15) is 0 Å². The molecule has 0 fully saturated rings. The molecule has 5 heteroatoms. The van der Waals surface area contributed by atoms with Crippen LogP contribution in [-0.2, 0) is 14.3 Å². The van der Waals surface area contributed by atoms with E-state index in [1.807, 2.05) is 43.3 Å². The number of phenols is 1. The minimum absolute atomic E-state index is 0.00189. The summed E-state index contributed by atoms with van der Waals surface area (Å²) in [6.07, 6.45) is 0.743. The van der Waals surface area contributed by atoms with Gasteiger partial charge in [-0.05, 0) is 56.4 Å². The highest BCUT2D eigenvalue weighted by atomic mass is 16.5. The van der Waals surface area contributed by atoms with Crippen LogP contribution in [0.3, 0.4) is 0 Å². The molecular formula is C26H27NO4. The van der Waals surface area contributed by atoms with Crippen LogP contribution in [0.1, 0.15) is 56.6 Å². The molecule has 1 heterocycles. The van der Waals surface area contributed by atoms with Crippen molar-refractivity contribution in [1.82, 2.24) is 0 Å². The monoisotopic (exact) mass is 417 g/mol. The third-order valence-corrected chi connectivity index (χ3v) is 5.99. The molecule has 31 heavy (non-hydrogen) atoms. The van der Waals surface area contributed by atoms with Crippen molar-refractivity contribution in [3.05, 3.63) is 77.0 Å². The number of rotatable bonds is 4. The number of esters is 1. The van der Waals surface area contributed by atoms with Crippen molar-refractivity contribution in [3.63, 3.8) is 0 Å². The Morgan fingerprint density at radius 1 is 1.06 bits per heavy atom. The fourth-order valence-electron chi connectivity index (χ4n) is 4.71. The van der Waals surface area contributed by atoms with Crippen molar-refractivity contribution in [2.24, 2.45) is 10.9 Å².